The van der Waals surface area contributed by atoms with Crippen LogP contribution in [-0.4, -0.2) is 43.6 Å². The van der Waals surface area contributed by atoms with E-state index in [0.717, 1.165) is 0 Å². The summed E-state index contributed by atoms with van der Waals surface area (Å²) in [6, 6.07) is 4.45. The molecule has 6 heteroatoms. The highest BCUT2D eigenvalue weighted by molar-refractivity contribution is 5.98. The van der Waals surface area contributed by atoms with Gasteiger partial charge in [0.15, 0.2) is 11.5 Å². The van der Waals surface area contributed by atoms with Crippen LogP contribution in [0.15, 0.2) is 18.2 Å². The summed E-state index contributed by atoms with van der Waals surface area (Å²) in [5, 5.41) is 2.81. The van der Waals surface area contributed by atoms with Gasteiger partial charge < -0.3 is 19.7 Å². The van der Waals surface area contributed by atoms with Crippen molar-refractivity contribution in [2.75, 3.05) is 20.9 Å². The first kappa shape index (κ1) is 16.1. The van der Waals surface area contributed by atoms with Gasteiger partial charge in [-0.25, -0.2) is 0 Å². The van der Waals surface area contributed by atoms with Crippen molar-refractivity contribution >= 4 is 11.8 Å². The van der Waals surface area contributed by atoms with Gasteiger partial charge in [-0.3, -0.25) is 9.59 Å². The first-order valence-electron chi connectivity index (χ1n) is 7.30. The zero-order valence-electron chi connectivity index (χ0n) is 13.4. The standard InChI is InChI=1S/C16H22N2O4/c1-10(2)7-12(16(20)18(3)4)17-15(19)11-5-6-13-14(8-11)22-9-21-13/h5-6,8,10,12H,7,9H2,1-4H3,(H,17,19). The summed E-state index contributed by atoms with van der Waals surface area (Å²) in [6.07, 6.45) is 0.591. The number of likely N-dealkylation sites (N-methyl/N-ethyl adjacent to an activating group) is 1. The molecule has 0 saturated heterocycles. The van der Waals surface area contributed by atoms with E-state index in [2.05, 4.69) is 5.32 Å². The Kier molecular flexibility index (Phi) is 4.90. The Balaban J connectivity index is 2.11. The van der Waals surface area contributed by atoms with E-state index in [9.17, 15) is 9.59 Å². The molecule has 1 heterocycles. The van der Waals surface area contributed by atoms with Crippen molar-refractivity contribution in [1.82, 2.24) is 10.2 Å². The lowest BCUT2D eigenvalue weighted by Gasteiger charge is -2.23. The van der Waals surface area contributed by atoms with E-state index >= 15 is 0 Å². The minimum Gasteiger partial charge on any atom is -0.454 e. The zero-order chi connectivity index (χ0) is 16.3. The Labute approximate surface area is 130 Å². The lowest BCUT2D eigenvalue weighted by molar-refractivity contribution is -0.131. The number of rotatable bonds is 5. The smallest absolute Gasteiger partial charge is 0.252 e. The molecule has 0 spiro atoms. The summed E-state index contributed by atoms with van der Waals surface area (Å²) < 4.78 is 10.5. The maximum Gasteiger partial charge on any atom is 0.252 e. The molecule has 0 saturated carbocycles. The van der Waals surface area contributed by atoms with Crippen molar-refractivity contribution in [3.05, 3.63) is 23.8 Å². The number of carbonyl (C=O) groups is 2. The first-order valence-corrected chi connectivity index (χ1v) is 7.30. The van der Waals surface area contributed by atoms with Crippen LogP contribution in [0.5, 0.6) is 11.5 Å². The summed E-state index contributed by atoms with van der Waals surface area (Å²) in [7, 11) is 3.37. The van der Waals surface area contributed by atoms with Crippen LogP contribution in [0.3, 0.4) is 0 Å². The number of fused-ring (bicyclic) bond motifs is 1. The van der Waals surface area contributed by atoms with E-state index in [0.29, 0.717) is 29.4 Å². The molecular weight excluding hydrogens is 284 g/mol. The van der Waals surface area contributed by atoms with Gasteiger partial charge in [-0.1, -0.05) is 13.8 Å². The predicted molar refractivity (Wildman–Crippen MR) is 82.0 cm³/mol. The number of nitrogens with zero attached hydrogens (tertiary/aromatic N) is 1. The van der Waals surface area contributed by atoms with Crippen molar-refractivity contribution in [3.8, 4) is 11.5 Å². The quantitative estimate of drug-likeness (QED) is 0.898. The molecule has 0 radical (unpaired) electrons. The van der Waals surface area contributed by atoms with Crippen molar-refractivity contribution in [1.29, 1.82) is 0 Å². The van der Waals surface area contributed by atoms with Crippen LogP contribution < -0.4 is 14.8 Å². The van der Waals surface area contributed by atoms with Gasteiger partial charge in [0.2, 0.25) is 12.7 Å². The maximum atomic E-state index is 12.4. The lowest BCUT2D eigenvalue weighted by Crippen LogP contribution is -2.46. The molecule has 1 aromatic carbocycles. The Morgan fingerprint density at radius 3 is 2.55 bits per heavy atom. The molecule has 1 aliphatic rings. The van der Waals surface area contributed by atoms with Crippen LogP contribution >= 0.6 is 0 Å². The minimum absolute atomic E-state index is 0.109. The molecule has 0 bridgehead atoms. The third-order valence-corrected chi connectivity index (χ3v) is 3.39. The fraction of sp³-hybridized carbons (Fsp3) is 0.500. The Morgan fingerprint density at radius 1 is 1.23 bits per heavy atom. The van der Waals surface area contributed by atoms with Crippen LogP contribution in [0.4, 0.5) is 0 Å². The van der Waals surface area contributed by atoms with Crippen LogP contribution in [0.2, 0.25) is 0 Å². The second-order valence-electron chi connectivity index (χ2n) is 5.96. The van der Waals surface area contributed by atoms with Gasteiger partial charge in [0.05, 0.1) is 0 Å². The van der Waals surface area contributed by atoms with Gasteiger partial charge in [0.1, 0.15) is 6.04 Å². The van der Waals surface area contributed by atoms with Gasteiger partial charge in [0, 0.05) is 19.7 Å². The van der Waals surface area contributed by atoms with Gasteiger partial charge in [-0.05, 0) is 30.5 Å². The predicted octanol–water partition coefficient (Wildman–Crippen LogP) is 1.65. The number of carbonyl (C=O) groups excluding carboxylic acids is 2. The molecule has 0 fully saturated rings. The molecule has 6 nitrogen and oxygen atoms in total. The van der Waals surface area contributed by atoms with E-state index in [-0.39, 0.29) is 18.6 Å². The SMILES string of the molecule is CC(C)CC(NC(=O)c1ccc2c(c1)OCO2)C(=O)N(C)C. The van der Waals surface area contributed by atoms with Crippen LogP contribution in [0.25, 0.3) is 0 Å². The van der Waals surface area contributed by atoms with Crippen LogP contribution in [-0.2, 0) is 4.79 Å². The largest absolute Gasteiger partial charge is 0.454 e. The fourth-order valence-electron chi connectivity index (χ4n) is 2.28. The Hall–Kier alpha value is -2.24. The van der Waals surface area contributed by atoms with E-state index in [1.807, 2.05) is 13.8 Å². The number of benzene rings is 1. The molecule has 2 rings (SSSR count). The number of nitrogens with one attached hydrogen (secondary N) is 1. The highest BCUT2D eigenvalue weighted by Gasteiger charge is 2.24. The maximum absolute atomic E-state index is 12.4. The zero-order valence-corrected chi connectivity index (χ0v) is 13.4. The molecule has 120 valence electrons. The molecule has 0 aromatic heterocycles. The summed E-state index contributed by atoms with van der Waals surface area (Å²) in [4.78, 5) is 26.1. The second kappa shape index (κ2) is 6.68. The van der Waals surface area contributed by atoms with Crippen molar-refractivity contribution in [2.45, 2.75) is 26.3 Å². The van der Waals surface area contributed by atoms with Crippen molar-refractivity contribution in [2.24, 2.45) is 5.92 Å². The third-order valence-electron chi connectivity index (χ3n) is 3.39. The summed E-state index contributed by atoms with van der Waals surface area (Å²) >= 11 is 0. The van der Waals surface area contributed by atoms with Gasteiger partial charge in [-0.2, -0.15) is 0 Å². The lowest BCUT2D eigenvalue weighted by atomic mass is 10.0. The molecule has 1 unspecified atom stereocenters. The van der Waals surface area contributed by atoms with Crippen molar-refractivity contribution in [3.63, 3.8) is 0 Å². The molecule has 1 aliphatic heterocycles. The molecule has 0 aliphatic carbocycles. The van der Waals surface area contributed by atoms with E-state index in [1.54, 1.807) is 32.3 Å². The highest BCUT2D eigenvalue weighted by Crippen LogP contribution is 2.32. The Bertz CT molecular complexity index is 569. The highest BCUT2D eigenvalue weighted by atomic mass is 16.7. The summed E-state index contributed by atoms with van der Waals surface area (Å²) in [5.74, 6) is 1.07. The first-order chi connectivity index (χ1) is 10.4. The van der Waals surface area contributed by atoms with Gasteiger partial charge >= 0.3 is 0 Å². The summed E-state index contributed by atoms with van der Waals surface area (Å²) in [6.45, 7) is 4.20. The molecule has 1 N–H and O–H groups in total. The van der Waals surface area contributed by atoms with Crippen LogP contribution in [0, 0.1) is 5.92 Å². The molecule has 1 aromatic rings. The monoisotopic (exact) mass is 306 g/mol. The molecule has 1 atom stereocenters. The fourth-order valence-corrected chi connectivity index (χ4v) is 2.28. The van der Waals surface area contributed by atoms with Crippen molar-refractivity contribution < 1.29 is 19.1 Å². The van der Waals surface area contributed by atoms with Gasteiger partial charge in [0.25, 0.3) is 5.91 Å². The topological polar surface area (TPSA) is 67.9 Å². The van der Waals surface area contributed by atoms with E-state index in [4.69, 9.17) is 9.47 Å². The third kappa shape index (κ3) is 3.69. The van der Waals surface area contributed by atoms with E-state index in [1.165, 1.54) is 4.90 Å². The Morgan fingerprint density at radius 2 is 1.91 bits per heavy atom. The number of hydrogen-bond donors (Lipinski definition) is 1. The number of ether oxygens (including phenoxy) is 2. The average molecular weight is 306 g/mol. The molecule has 22 heavy (non-hydrogen) atoms. The molecule has 2 amide bonds. The normalized spacial score (nSPS) is 13.9. The number of hydrogen-bond acceptors (Lipinski definition) is 4. The van der Waals surface area contributed by atoms with Crippen LogP contribution in [0.1, 0.15) is 30.6 Å². The van der Waals surface area contributed by atoms with E-state index < -0.39 is 6.04 Å². The van der Waals surface area contributed by atoms with Gasteiger partial charge in [-0.15, -0.1) is 0 Å². The average Bonchev–Trinajstić information content (AvgIpc) is 2.92. The number of amides is 2. The minimum atomic E-state index is -0.534. The second-order valence-corrected chi connectivity index (χ2v) is 5.96. The molecular formula is C16H22N2O4. The summed E-state index contributed by atoms with van der Waals surface area (Å²) in [5.41, 5.74) is 0.449.